The number of nitrogens with zero attached hydrogens (tertiary/aromatic N) is 2. The zero-order valence-corrected chi connectivity index (χ0v) is 7.92. The van der Waals surface area contributed by atoms with Crippen LogP contribution in [0.3, 0.4) is 0 Å². The Kier molecular flexibility index (Phi) is 2.13. The van der Waals surface area contributed by atoms with Crippen molar-refractivity contribution in [3.8, 4) is 5.69 Å². The van der Waals surface area contributed by atoms with Gasteiger partial charge in [0.2, 0.25) is 5.91 Å². The number of nitrogens with two attached hydrogens (primary N) is 2. The number of anilines is 1. The Morgan fingerprint density at radius 3 is 2.73 bits per heavy atom. The maximum absolute atomic E-state index is 10.9. The molecule has 15 heavy (non-hydrogen) atoms. The molecule has 0 saturated heterocycles. The second kappa shape index (κ2) is 3.45. The highest BCUT2D eigenvalue weighted by molar-refractivity contribution is 5.94. The summed E-state index contributed by atoms with van der Waals surface area (Å²) in [4.78, 5) is 14.8. The summed E-state index contributed by atoms with van der Waals surface area (Å²) in [7, 11) is 0. The van der Waals surface area contributed by atoms with E-state index < -0.39 is 5.91 Å². The SMILES string of the molecule is NC(=O)c1ccc(-n2ccnc2)c(N)c1. The van der Waals surface area contributed by atoms with E-state index in [4.69, 9.17) is 11.5 Å². The number of rotatable bonds is 2. The van der Waals surface area contributed by atoms with E-state index in [1.165, 1.54) is 0 Å². The smallest absolute Gasteiger partial charge is 0.248 e. The van der Waals surface area contributed by atoms with E-state index in [0.29, 0.717) is 11.3 Å². The quantitative estimate of drug-likeness (QED) is 0.697. The third kappa shape index (κ3) is 1.67. The van der Waals surface area contributed by atoms with Gasteiger partial charge in [-0.05, 0) is 18.2 Å². The predicted octanol–water partition coefficient (Wildman–Crippen LogP) is 0.553. The molecule has 5 heteroatoms. The van der Waals surface area contributed by atoms with Gasteiger partial charge in [-0.1, -0.05) is 0 Å². The molecule has 4 N–H and O–H groups in total. The first kappa shape index (κ1) is 9.26. The van der Waals surface area contributed by atoms with E-state index >= 15 is 0 Å². The number of hydrogen-bond donors (Lipinski definition) is 2. The van der Waals surface area contributed by atoms with E-state index in [1.54, 1.807) is 41.5 Å². The molecule has 1 amide bonds. The minimum Gasteiger partial charge on any atom is -0.397 e. The normalized spacial score (nSPS) is 10.1. The van der Waals surface area contributed by atoms with Crippen LogP contribution in [0, 0.1) is 0 Å². The van der Waals surface area contributed by atoms with Crippen molar-refractivity contribution in [2.45, 2.75) is 0 Å². The van der Waals surface area contributed by atoms with Crippen LogP contribution < -0.4 is 11.5 Å². The standard InChI is InChI=1S/C10H10N4O/c11-8-5-7(10(12)15)1-2-9(8)14-4-3-13-6-14/h1-6H,11H2,(H2,12,15). The van der Waals surface area contributed by atoms with Gasteiger partial charge >= 0.3 is 0 Å². The van der Waals surface area contributed by atoms with Crippen LogP contribution in [0.4, 0.5) is 5.69 Å². The zero-order chi connectivity index (χ0) is 10.8. The molecule has 2 aromatic rings. The van der Waals surface area contributed by atoms with Crippen LogP contribution in [0.1, 0.15) is 10.4 Å². The lowest BCUT2D eigenvalue weighted by atomic mass is 10.1. The van der Waals surface area contributed by atoms with Crippen LogP contribution in [0.25, 0.3) is 5.69 Å². The van der Waals surface area contributed by atoms with Crippen molar-refractivity contribution in [1.29, 1.82) is 0 Å². The van der Waals surface area contributed by atoms with Gasteiger partial charge in [0.05, 0.1) is 17.7 Å². The second-order valence-corrected chi connectivity index (χ2v) is 3.11. The highest BCUT2D eigenvalue weighted by Crippen LogP contribution is 2.18. The third-order valence-electron chi connectivity index (χ3n) is 2.09. The fraction of sp³-hybridized carbons (Fsp3) is 0. The summed E-state index contributed by atoms with van der Waals surface area (Å²) >= 11 is 0. The Hall–Kier alpha value is -2.30. The molecule has 2 rings (SSSR count). The molecular formula is C10H10N4O. The number of hydrogen-bond acceptors (Lipinski definition) is 3. The van der Waals surface area contributed by atoms with Crippen molar-refractivity contribution >= 4 is 11.6 Å². The lowest BCUT2D eigenvalue weighted by molar-refractivity contribution is 0.100. The van der Waals surface area contributed by atoms with Crippen molar-refractivity contribution in [1.82, 2.24) is 9.55 Å². The number of amides is 1. The first-order valence-electron chi connectivity index (χ1n) is 4.36. The Bertz CT molecular complexity index is 490. The van der Waals surface area contributed by atoms with E-state index in [-0.39, 0.29) is 0 Å². The van der Waals surface area contributed by atoms with Gasteiger partial charge in [-0.15, -0.1) is 0 Å². The molecule has 0 fully saturated rings. The second-order valence-electron chi connectivity index (χ2n) is 3.11. The summed E-state index contributed by atoms with van der Waals surface area (Å²) in [5, 5.41) is 0. The largest absolute Gasteiger partial charge is 0.397 e. The zero-order valence-electron chi connectivity index (χ0n) is 7.92. The van der Waals surface area contributed by atoms with E-state index in [9.17, 15) is 4.79 Å². The summed E-state index contributed by atoms with van der Waals surface area (Å²) in [6.45, 7) is 0. The average molecular weight is 202 g/mol. The van der Waals surface area contributed by atoms with Crippen LogP contribution in [-0.2, 0) is 0 Å². The van der Waals surface area contributed by atoms with Crippen molar-refractivity contribution in [2.75, 3.05) is 5.73 Å². The molecule has 0 atom stereocenters. The van der Waals surface area contributed by atoms with E-state index in [0.717, 1.165) is 5.69 Å². The highest BCUT2D eigenvalue weighted by Gasteiger charge is 2.05. The van der Waals surface area contributed by atoms with Gasteiger partial charge < -0.3 is 16.0 Å². The average Bonchev–Trinajstić information content (AvgIpc) is 2.70. The van der Waals surface area contributed by atoms with Gasteiger partial charge in [-0.25, -0.2) is 4.98 Å². The molecule has 0 radical (unpaired) electrons. The molecule has 1 heterocycles. The van der Waals surface area contributed by atoms with Crippen molar-refractivity contribution < 1.29 is 4.79 Å². The first-order valence-corrected chi connectivity index (χ1v) is 4.36. The van der Waals surface area contributed by atoms with Gasteiger partial charge in [-0.2, -0.15) is 0 Å². The van der Waals surface area contributed by atoms with Gasteiger partial charge in [0, 0.05) is 18.0 Å². The number of nitrogen functional groups attached to an aromatic ring is 1. The number of imidazole rings is 1. The minimum atomic E-state index is -0.487. The molecule has 0 saturated carbocycles. The molecule has 0 bridgehead atoms. The van der Waals surface area contributed by atoms with Crippen LogP contribution in [0.2, 0.25) is 0 Å². The van der Waals surface area contributed by atoms with Crippen LogP contribution in [0.5, 0.6) is 0 Å². The summed E-state index contributed by atoms with van der Waals surface area (Å²) in [6.07, 6.45) is 5.06. The van der Waals surface area contributed by atoms with Crippen molar-refractivity contribution in [2.24, 2.45) is 5.73 Å². The number of carbonyl (C=O) groups is 1. The lowest BCUT2D eigenvalue weighted by Crippen LogP contribution is -2.11. The molecule has 0 aliphatic carbocycles. The van der Waals surface area contributed by atoms with Gasteiger partial charge in [0.25, 0.3) is 0 Å². The molecule has 1 aromatic heterocycles. The lowest BCUT2D eigenvalue weighted by Gasteiger charge is -2.06. The molecule has 0 aliphatic heterocycles. The van der Waals surface area contributed by atoms with E-state index in [1.807, 2.05) is 0 Å². The highest BCUT2D eigenvalue weighted by atomic mass is 16.1. The fourth-order valence-electron chi connectivity index (χ4n) is 1.34. The van der Waals surface area contributed by atoms with Crippen LogP contribution >= 0.6 is 0 Å². The Labute approximate surface area is 86.3 Å². The minimum absolute atomic E-state index is 0.399. The van der Waals surface area contributed by atoms with Gasteiger partial charge in [0.1, 0.15) is 0 Å². The number of aromatic nitrogens is 2. The summed E-state index contributed by atoms with van der Waals surface area (Å²) in [5.41, 5.74) is 12.6. The monoisotopic (exact) mass is 202 g/mol. The Morgan fingerprint density at radius 2 is 2.20 bits per heavy atom. The van der Waals surface area contributed by atoms with Crippen LogP contribution in [-0.4, -0.2) is 15.5 Å². The van der Waals surface area contributed by atoms with Gasteiger partial charge in [-0.3, -0.25) is 4.79 Å². The molecule has 1 aromatic carbocycles. The van der Waals surface area contributed by atoms with Crippen LogP contribution in [0.15, 0.2) is 36.9 Å². The first-order chi connectivity index (χ1) is 7.18. The number of carbonyl (C=O) groups excluding carboxylic acids is 1. The third-order valence-corrected chi connectivity index (χ3v) is 2.09. The van der Waals surface area contributed by atoms with Crippen molar-refractivity contribution in [3.63, 3.8) is 0 Å². The molecule has 0 unspecified atom stereocenters. The molecule has 5 nitrogen and oxygen atoms in total. The molecular weight excluding hydrogens is 192 g/mol. The molecule has 76 valence electrons. The number of primary amides is 1. The Morgan fingerprint density at radius 1 is 1.40 bits per heavy atom. The topological polar surface area (TPSA) is 86.9 Å². The van der Waals surface area contributed by atoms with Crippen molar-refractivity contribution in [3.05, 3.63) is 42.5 Å². The van der Waals surface area contributed by atoms with E-state index in [2.05, 4.69) is 4.98 Å². The number of benzene rings is 1. The Balaban J connectivity index is 2.48. The summed E-state index contributed by atoms with van der Waals surface area (Å²) < 4.78 is 1.76. The summed E-state index contributed by atoms with van der Waals surface area (Å²) in [5.74, 6) is -0.487. The maximum atomic E-state index is 10.9. The molecule has 0 spiro atoms. The summed E-state index contributed by atoms with van der Waals surface area (Å²) in [6, 6.07) is 4.92. The molecule has 0 aliphatic rings. The fourth-order valence-corrected chi connectivity index (χ4v) is 1.34. The van der Waals surface area contributed by atoms with Gasteiger partial charge in [0.15, 0.2) is 0 Å². The maximum Gasteiger partial charge on any atom is 0.248 e. The predicted molar refractivity (Wildman–Crippen MR) is 56.5 cm³/mol.